The van der Waals surface area contributed by atoms with Crippen LogP contribution in [0.25, 0.3) is 9.75 Å². The van der Waals surface area contributed by atoms with Crippen molar-refractivity contribution in [3.8, 4) is 9.75 Å². The fourth-order valence-corrected chi connectivity index (χ4v) is 23.8. The zero-order chi connectivity index (χ0) is 15.3. The van der Waals surface area contributed by atoms with Crippen molar-refractivity contribution < 1.29 is 0 Å². The summed E-state index contributed by atoms with van der Waals surface area (Å²) in [6.07, 6.45) is 0. The number of hydrogen-bond acceptors (Lipinski definition) is 2. The molecule has 3 heterocycles. The molecule has 0 amide bonds. The molecule has 0 aliphatic carbocycles. The first-order chi connectivity index (χ1) is 11.4. The van der Waals surface area contributed by atoms with Crippen molar-refractivity contribution in [2.24, 2.45) is 0 Å². The average molecular weight is 437 g/mol. The maximum absolute atomic E-state index is 3.09. The number of rotatable bonds is 2. The van der Waals surface area contributed by atoms with Crippen molar-refractivity contribution in [1.82, 2.24) is 0 Å². The van der Waals surface area contributed by atoms with Crippen LogP contribution >= 0.6 is 22.7 Å². The van der Waals surface area contributed by atoms with Gasteiger partial charge >= 0.3 is 149 Å². The van der Waals surface area contributed by atoms with Crippen molar-refractivity contribution in [3.05, 3.63) is 83.6 Å². The van der Waals surface area contributed by atoms with Gasteiger partial charge in [0, 0.05) is 0 Å². The van der Waals surface area contributed by atoms with Crippen LogP contribution in [-0.4, -0.2) is 18.4 Å². The molecule has 1 aliphatic rings. The molecule has 2 aromatic carbocycles. The molecule has 0 saturated carbocycles. The number of benzene rings is 2. The molecule has 5 rings (SSSR count). The van der Waals surface area contributed by atoms with Crippen molar-refractivity contribution in [2.45, 2.75) is 0 Å². The van der Waals surface area contributed by atoms with Gasteiger partial charge in [-0.05, 0) is 0 Å². The first-order valence-corrected chi connectivity index (χ1v) is 15.2. The van der Waals surface area contributed by atoms with Crippen LogP contribution in [-0.2, 0) is 0 Å². The summed E-state index contributed by atoms with van der Waals surface area (Å²) in [7, 11) is 0. The number of fused-ring (bicyclic) bond motifs is 3. The summed E-state index contributed by atoms with van der Waals surface area (Å²) >= 11 is 0.740. The zero-order valence-electron chi connectivity index (χ0n) is 12.4. The molecular formula is C20H14S2Sn. The second-order valence-electron chi connectivity index (χ2n) is 5.81. The van der Waals surface area contributed by atoms with E-state index in [1.807, 2.05) is 22.7 Å². The standard InChI is InChI=1S/C8H4S2.2C6H5.Sn/c1-3-7(9-5-1)8-4-2-6-10-8;2*1-2-4-6-5-3-1;/h1-2,5-6H;2*1-5H;. The summed E-state index contributed by atoms with van der Waals surface area (Å²) < 4.78 is 6.40. The Morgan fingerprint density at radius 2 is 0.957 bits per heavy atom. The van der Waals surface area contributed by atoms with E-state index >= 15 is 0 Å². The number of thiophene rings is 2. The van der Waals surface area contributed by atoms with Crippen molar-refractivity contribution in [2.75, 3.05) is 0 Å². The van der Waals surface area contributed by atoms with Gasteiger partial charge in [0.1, 0.15) is 0 Å². The summed E-state index contributed by atoms with van der Waals surface area (Å²) in [6.45, 7) is 0. The van der Waals surface area contributed by atoms with Crippen LogP contribution in [0.4, 0.5) is 0 Å². The maximum atomic E-state index is 2.41. The predicted molar refractivity (Wildman–Crippen MR) is 105 cm³/mol. The first kappa shape index (κ1) is 14.0. The van der Waals surface area contributed by atoms with Crippen LogP contribution < -0.4 is 14.3 Å². The van der Waals surface area contributed by atoms with Crippen molar-refractivity contribution in [1.29, 1.82) is 0 Å². The van der Waals surface area contributed by atoms with Crippen LogP contribution in [0.3, 0.4) is 0 Å². The van der Waals surface area contributed by atoms with E-state index in [-0.39, 0.29) is 0 Å². The Bertz CT molecular complexity index is 885. The van der Waals surface area contributed by atoms with Crippen LogP contribution in [0, 0.1) is 0 Å². The molecule has 0 radical (unpaired) electrons. The second kappa shape index (κ2) is 5.33. The van der Waals surface area contributed by atoms with Gasteiger partial charge in [-0.2, -0.15) is 0 Å². The van der Waals surface area contributed by atoms with Crippen LogP contribution in [0.2, 0.25) is 0 Å². The molecule has 0 atom stereocenters. The predicted octanol–water partition coefficient (Wildman–Crippen LogP) is 3.17. The molecule has 4 aromatic rings. The Morgan fingerprint density at radius 1 is 0.522 bits per heavy atom. The molecule has 0 saturated heterocycles. The molecule has 3 heteroatoms. The van der Waals surface area contributed by atoms with Crippen molar-refractivity contribution >= 4 is 55.4 Å². The zero-order valence-corrected chi connectivity index (χ0v) is 16.9. The molecule has 2 aromatic heterocycles. The van der Waals surface area contributed by atoms with Gasteiger partial charge in [0.05, 0.1) is 0 Å². The molecular weight excluding hydrogens is 423 g/mol. The third kappa shape index (κ3) is 1.83. The van der Waals surface area contributed by atoms with E-state index in [1.54, 1.807) is 14.3 Å². The van der Waals surface area contributed by atoms with E-state index in [4.69, 9.17) is 0 Å². The Hall–Kier alpha value is -1.36. The van der Waals surface area contributed by atoms with Crippen LogP contribution in [0.5, 0.6) is 0 Å². The Morgan fingerprint density at radius 3 is 1.39 bits per heavy atom. The van der Waals surface area contributed by atoms with E-state index < -0.39 is 18.4 Å². The fourth-order valence-electron chi connectivity index (χ4n) is 3.87. The summed E-state index contributed by atoms with van der Waals surface area (Å²) in [5.74, 6) is 0. The summed E-state index contributed by atoms with van der Waals surface area (Å²) in [5.41, 5.74) is 0. The van der Waals surface area contributed by atoms with Gasteiger partial charge in [0.2, 0.25) is 0 Å². The van der Waals surface area contributed by atoms with E-state index in [9.17, 15) is 0 Å². The quantitative estimate of drug-likeness (QED) is 0.373. The molecule has 0 spiro atoms. The Labute approximate surface area is 147 Å². The molecule has 0 bridgehead atoms. The van der Waals surface area contributed by atoms with Gasteiger partial charge in [-0.1, -0.05) is 0 Å². The van der Waals surface area contributed by atoms with Crippen LogP contribution in [0.15, 0.2) is 83.6 Å². The average Bonchev–Trinajstić information content (AvgIpc) is 3.30. The van der Waals surface area contributed by atoms with E-state index in [0.717, 1.165) is 0 Å². The van der Waals surface area contributed by atoms with Gasteiger partial charge in [0.25, 0.3) is 0 Å². The molecule has 0 N–H and O–H groups in total. The topological polar surface area (TPSA) is 0 Å². The van der Waals surface area contributed by atoms with E-state index in [2.05, 4.69) is 83.6 Å². The molecule has 0 fully saturated rings. The molecule has 0 unspecified atom stereocenters. The molecule has 23 heavy (non-hydrogen) atoms. The number of hydrogen-bond donors (Lipinski definition) is 0. The molecule has 1 aliphatic heterocycles. The monoisotopic (exact) mass is 438 g/mol. The summed E-state index contributed by atoms with van der Waals surface area (Å²) in [4.78, 5) is 3.05. The van der Waals surface area contributed by atoms with Gasteiger partial charge in [0.15, 0.2) is 0 Å². The van der Waals surface area contributed by atoms with Crippen molar-refractivity contribution in [3.63, 3.8) is 0 Å². The van der Waals surface area contributed by atoms with Gasteiger partial charge in [-0.3, -0.25) is 0 Å². The Balaban J connectivity index is 1.96. The van der Waals surface area contributed by atoms with E-state index in [1.165, 1.54) is 9.75 Å². The Kier molecular flexibility index (Phi) is 3.25. The SMILES string of the molecule is c1cc[c]([Sn]2([c]3ccccc3)[c]3ccsc3-c3scc[c]32)cc1. The fraction of sp³-hybridized carbons (Fsp3) is 0. The second-order valence-corrected chi connectivity index (χ2v) is 18.3. The third-order valence-corrected chi connectivity index (χ3v) is 21.6. The molecule has 110 valence electrons. The van der Waals surface area contributed by atoms with Gasteiger partial charge < -0.3 is 0 Å². The summed E-state index contributed by atoms with van der Waals surface area (Å²) in [6, 6.07) is 27.3. The molecule has 0 nitrogen and oxygen atoms in total. The van der Waals surface area contributed by atoms with Gasteiger partial charge in [-0.15, -0.1) is 0 Å². The minimum atomic E-state index is -3.09. The van der Waals surface area contributed by atoms with Gasteiger partial charge in [-0.25, -0.2) is 0 Å². The summed E-state index contributed by atoms with van der Waals surface area (Å²) in [5, 5.41) is 4.57. The third-order valence-electron chi connectivity index (χ3n) is 4.76. The van der Waals surface area contributed by atoms with E-state index in [0.29, 0.717) is 0 Å². The normalized spacial score (nSPS) is 14.4. The van der Waals surface area contributed by atoms with Crippen LogP contribution in [0.1, 0.15) is 0 Å². The minimum absolute atomic E-state index is 1.53. The first-order valence-electron chi connectivity index (χ1n) is 7.70.